The molecule has 0 aromatic carbocycles. The van der Waals surface area contributed by atoms with E-state index in [1.165, 1.54) is 0 Å². The number of allylic oxidation sites excluding steroid dienone is 4. The Morgan fingerprint density at radius 1 is 1.20 bits per heavy atom. The van der Waals surface area contributed by atoms with Crippen LogP contribution in [0.3, 0.4) is 0 Å². The van der Waals surface area contributed by atoms with Gasteiger partial charge in [-0.3, -0.25) is 0 Å². The molecule has 0 amide bonds. The topological polar surface area (TPSA) is 0 Å². The predicted molar refractivity (Wildman–Crippen MR) is 43.5 cm³/mol. The predicted octanol–water partition coefficient (Wildman–Crippen LogP) is 3.61. The fourth-order valence-corrected chi connectivity index (χ4v) is 0.768. The number of rotatable bonds is 0. The highest BCUT2D eigenvalue weighted by atomic mass is 19.1. The normalized spacial score (nSPS) is 16.4. The van der Waals surface area contributed by atoms with E-state index in [1.54, 1.807) is 13.0 Å². The largest absolute Gasteiger partial charge is 0.207 e. The van der Waals surface area contributed by atoms with Gasteiger partial charge in [0, 0.05) is 0 Å². The van der Waals surface area contributed by atoms with E-state index in [0.717, 1.165) is 18.4 Å². The monoisotopic (exact) mass is 142 g/mol. The van der Waals surface area contributed by atoms with Crippen molar-refractivity contribution in [3.8, 4) is 0 Å². The molecule has 0 radical (unpaired) electrons. The molecule has 0 atom stereocenters. The molecule has 0 fully saturated rings. The Balaban J connectivity index is 0.000000371. The van der Waals surface area contributed by atoms with Gasteiger partial charge < -0.3 is 0 Å². The Labute approximate surface area is 62.4 Å². The fourth-order valence-electron chi connectivity index (χ4n) is 0.768. The second-order valence-corrected chi connectivity index (χ2v) is 2.02. The molecule has 0 saturated carbocycles. The van der Waals surface area contributed by atoms with Gasteiger partial charge in [-0.1, -0.05) is 19.9 Å². The van der Waals surface area contributed by atoms with Gasteiger partial charge in [-0.05, 0) is 31.4 Å². The Kier molecular flexibility index (Phi) is 4.91. The summed E-state index contributed by atoms with van der Waals surface area (Å²) in [4.78, 5) is 0. The molecule has 0 spiro atoms. The summed E-state index contributed by atoms with van der Waals surface area (Å²) in [7, 11) is 0. The van der Waals surface area contributed by atoms with Crippen LogP contribution in [0.25, 0.3) is 0 Å². The highest BCUT2D eigenvalue weighted by Crippen LogP contribution is 2.17. The van der Waals surface area contributed by atoms with Gasteiger partial charge in [0.05, 0.1) is 0 Å². The van der Waals surface area contributed by atoms with Gasteiger partial charge in [-0.15, -0.1) is 0 Å². The summed E-state index contributed by atoms with van der Waals surface area (Å²) < 4.78 is 12.4. The van der Waals surface area contributed by atoms with Gasteiger partial charge in [0.2, 0.25) is 0 Å². The molecule has 1 aliphatic rings. The average molecular weight is 142 g/mol. The Hall–Kier alpha value is -0.590. The standard InChI is InChI=1S/C7H9F.C2H6/c1-6-4-2-3-5-7(6)8;1-2/h4-5H,2-3H2,1H3;1-2H3. The molecule has 0 N–H and O–H groups in total. The van der Waals surface area contributed by atoms with E-state index in [4.69, 9.17) is 0 Å². The van der Waals surface area contributed by atoms with E-state index in [2.05, 4.69) is 0 Å². The molecule has 0 aromatic rings. The van der Waals surface area contributed by atoms with Crippen LogP contribution in [0.1, 0.15) is 33.6 Å². The lowest BCUT2D eigenvalue weighted by atomic mass is 10.1. The lowest BCUT2D eigenvalue weighted by Crippen LogP contribution is -1.83. The van der Waals surface area contributed by atoms with E-state index in [1.807, 2.05) is 19.9 Å². The van der Waals surface area contributed by atoms with E-state index in [0.29, 0.717) is 0 Å². The SMILES string of the molecule is CC.CC1=CCCC=C1F. The zero-order valence-corrected chi connectivity index (χ0v) is 6.95. The van der Waals surface area contributed by atoms with Gasteiger partial charge in [0.15, 0.2) is 0 Å². The number of hydrogen-bond acceptors (Lipinski definition) is 0. The van der Waals surface area contributed by atoms with Crippen LogP contribution in [0, 0.1) is 0 Å². The average Bonchev–Trinajstić information content (AvgIpc) is 2.00. The van der Waals surface area contributed by atoms with Gasteiger partial charge in [-0.2, -0.15) is 0 Å². The van der Waals surface area contributed by atoms with Gasteiger partial charge in [0.25, 0.3) is 0 Å². The first kappa shape index (κ1) is 9.41. The molecule has 0 aliphatic heterocycles. The van der Waals surface area contributed by atoms with Gasteiger partial charge in [0.1, 0.15) is 5.83 Å². The first-order chi connectivity index (χ1) is 4.80. The summed E-state index contributed by atoms with van der Waals surface area (Å²) in [6, 6.07) is 0. The minimum absolute atomic E-state index is 0.0451. The molecule has 1 aliphatic carbocycles. The van der Waals surface area contributed by atoms with Crippen molar-refractivity contribution in [2.24, 2.45) is 0 Å². The third kappa shape index (κ3) is 2.81. The van der Waals surface area contributed by atoms with E-state index in [9.17, 15) is 4.39 Å². The Bertz CT molecular complexity index is 125. The molecule has 58 valence electrons. The second kappa shape index (κ2) is 5.21. The molecule has 0 aromatic heterocycles. The van der Waals surface area contributed by atoms with Crippen molar-refractivity contribution >= 4 is 0 Å². The van der Waals surface area contributed by atoms with Crippen molar-refractivity contribution in [3.05, 3.63) is 23.6 Å². The minimum Gasteiger partial charge on any atom is -0.207 e. The van der Waals surface area contributed by atoms with Crippen LogP contribution in [0.2, 0.25) is 0 Å². The zero-order chi connectivity index (χ0) is 7.98. The molecule has 0 heterocycles. The van der Waals surface area contributed by atoms with Crippen LogP contribution in [0.15, 0.2) is 23.6 Å². The molecule has 0 unspecified atom stereocenters. The lowest BCUT2D eigenvalue weighted by Gasteiger charge is -2.01. The maximum absolute atomic E-state index is 12.4. The summed E-state index contributed by atoms with van der Waals surface area (Å²) in [5, 5.41) is 0. The number of halogens is 1. The molecular weight excluding hydrogens is 127 g/mol. The minimum atomic E-state index is -0.0451. The van der Waals surface area contributed by atoms with E-state index >= 15 is 0 Å². The van der Waals surface area contributed by atoms with E-state index < -0.39 is 0 Å². The highest BCUT2D eigenvalue weighted by molar-refractivity contribution is 5.25. The molecule has 10 heavy (non-hydrogen) atoms. The van der Waals surface area contributed by atoms with Crippen LogP contribution < -0.4 is 0 Å². The Morgan fingerprint density at radius 2 is 1.70 bits per heavy atom. The van der Waals surface area contributed by atoms with Crippen LogP contribution >= 0.6 is 0 Å². The molecule has 1 heteroatoms. The van der Waals surface area contributed by atoms with Crippen molar-refractivity contribution in [2.45, 2.75) is 33.6 Å². The van der Waals surface area contributed by atoms with E-state index in [-0.39, 0.29) is 5.83 Å². The molecular formula is C9H15F. The maximum Gasteiger partial charge on any atom is 0.121 e. The molecule has 0 bridgehead atoms. The number of hydrogen-bond donors (Lipinski definition) is 0. The van der Waals surface area contributed by atoms with Gasteiger partial charge in [-0.25, -0.2) is 4.39 Å². The Morgan fingerprint density at radius 3 is 2.00 bits per heavy atom. The summed E-state index contributed by atoms with van der Waals surface area (Å²) >= 11 is 0. The molecule has 0 nitrogen and oxygen atoms in total. The quantitative estimate of drug-likeness (QED) is 0.484. The lowest BCUT2D eigenvalue weighted by molar-refractivity contribution is 0.635. The third-order valence-electron chi connectivity index (χ3n) is 1.32. The smallest absolute Gasteiger partial charge is 0.121 e. The van der Waals surface area contributed by atoms with Crippen molar-refractivity contribution in [1.29, 1.82) is 0 Å². The summed E-state index contributed by atoms with van der Waals surface area (Å²) in [5.74, 6) is -0.0451. The summed E-state index contributed by atoms with van der Waals surface area (Å²) in [5.41, 5.74) is 0.788. The molecule has 0 saturated heterocycles. The first-order valence-corrected chi connectivity index (χ1v) is 3.83. The highest BCUT2D eigenvalue weighted by Gasteiger charge is 2.00. The van der Waals surface area contributed by atoms with Crippen LogP contribution in [-0.4, -0.2) is 0 Å². The maximum atomic E-state index is 12.4. The zero-order valence-electron chi connectivity index (χ0n) is 6.95. The van der Waals surface area contributed by atoms with Crippen molar-refractivity contribution < 1.29 is 4.39 Å². The summed E-state index contributed by atoms with van der Waals surface area (Å²) in [6.07, 6.45) is 5.42. The van der Waals surface area contributed by atoms with Gasteiger partial charge >= 0.3 is 0 Å². The third-order valence-corrected chi connectivity index (χ3v) is 1.32. The second-order valence-electron chi connectivity index (χ2n) is 2.02. The van der Waals surface area contributed by atoms with Crippen LogP contribution in [-0.2, 0) is 0 Å². The summed E-state index contributed by atoms with van der Waals surface area (Å²) in [6.45, 7) is 5.80. The fraction of sp³-hybridized carbons (Fsp3) is 0.556. The van der Waals surface area contributed by atoms with Crippen molar-refractivity contribution in [2.75, 3.05) is 0 Å². The first-order valence-electron chi connectivity index (χ1n) is 3.83. The van der Waals surface area contributed by atoms with Crippen molar-refractivity contribution in [3.63, 3.8) is 0 Å². The van der Waals surface area contributed by atoms with Crippen LogP contribution in [0.5, 0.6) is 0 Å². The van der Waals surface area contributed by atoms with Crippen LogP contribution in [0.4, 0.5) is 4.39 Å². The van der Waals surface area contributed by atoms with Crippen molar-refractivity contribution in [1.82, 2.24) is 0 Å². The molecule has 1 rings (SSSR count).